The molecule has 2 aromatic rings. The maximum absolute atomic E-state index is 13.2. The monoisotopic (exact) mass is 346 g/mol. The van der Waals surface area contributed by atoms with Gasteiger partial charge < -0.3 is 15.4 Å². The first kappa shape index (κ1) is 17.0. The summed E-state index contributed by atoms with van der Waals surface area (Å²) in [5.74, 6) is -2.37. The predicted molar refractivity (Wildman–Crippen MR) is 88.4 cm³/mol. The molecule has 1 fully saturated rings. The number of carbonyl (C=O) groups excluding carboxylic acids is 2. The van der Waals surface area contributed by atoms with Crippen molar-refractivity contribution in [2.24, 2.45) is 0 Å². The van der Waals surface area contributed by atoms with E-state index in [1.54, 1.807) is 12.1 Å². The van der Waals surface area contributed by atoms with Crippen molar-refractivity contribution in [1.29, 1.82) is 0 Å². The van der Waals surface area contributed by atoms with E-state index in [9.17, 15) is 18.4 Å². The zero-order valence-corrected chi connectivity index (χ0v) is 13.2. The molecule has 3 rings (SSSR count). The van der Waals surface area contributed by atoms with E-state index >= 15 is 0 Å². The molecule has 5 nitrogen and oxygen atoms in total. The van der Waals surface area contributed by atoms with Gasteiger partial charge in [-0.3, -0.25) is 9.59 Å². The van der Waals surface area contributed by atoms with Gasteiger partial charge in [0.25, 0.3) is 11.8 Å². The molecule has 1 atom stereocenters. The van der Waals surface area contributed by atoms with Crippen LogP contribution in [0.2, 0.25) is 0 Å². The Labute approximate surface area is 143 Å². The minimum Gasteiger partial charge on any atom is -0.368 e. The molecule has 0 aromatic heterocycles. The van der Waals surface area contributed by atoms with Gasteiger partial charge >= 0.3 is 0 Å². The lowest BCUT2D eigenvalue weighted by atomic mass is 10.1. The van der Waals surface area contributed by atoms with Gasteiger partial charge in [-0.1, -0.05) is 6.07 Å². The van der Waals surface area contributed by atoms with Crippen molar-refractivity contribution in [2.45, 2.75) is 18.9 Å². The lowest BCUT2D eigenvalue weighted by molar-refractivity contribution is -0.124. The van der Waals surface area contributed by atoms with Crippen LogP contribution in [-0.4, -0.2) is 24.5 Å². The third-order valence-electron chi connectivity index (χ3n) is 3.73. The topological polar surface area (TPSA) is 67.4 Å². The summed E-state index contributed by atoms with van der Waals surface area (Å²) in [7, 11) is 0. The highest BCUT2D eigenvalue weighted by Crippen LogP contribution is 2.18. The molecule has 2 amide bonds. The summed E-state index contributed by atoms with van der Waals surface area (Å²) in [6.07, 6.45) is 1.02. The zero-order valence-electron chi connectivity index (χ0n) is 13.2. The number of nitrogens with one attached hydrogen (secondary N) is 2. The van der Waals surface area contributed by atoms with Gasteiger partial charge in [-0.15, -0.1) is 0 Å². The van der Waals surface area contributed by atoms with Crippen molar-refractivity contribution in [3.63, 3.8) is 0 Å². The second-order valence-electron chi connectivity index (χ2n) is 5.68. The van der Waals surface area contributed by atoms with Crippen LogP contribution in [0.4, 0.5) is 20.2 Å². The molecule has 1 aliphatic rings. The molecular formula is C18H16F2N2O3. The molecule has 2 N–H and O–H groups in total. The summed E-state index contributed by atoms with van der Waals surface area (Å²) >= 11 is 0. The molecule has 0 bridgehead atoms. The van der Waals surface area contributed by atoms with Crippen molar-refractivity contribution in [3.8, 4) is 0 Å². The standard InChI is InChI=1S/C18H16F2N2O3/c19-12-8-13(20)10-15(9-12)22-17(23)11-3-1-4-14(7-11)21-18(24)16-5-2-6-25-16/h1,3-4,7-10,16H,2,5-6H2,(H,21,24)(H,22,23). The normalized spacial score (nSPS) is 16.5. The van der Waals surface area contributed by atoms with Gasteiger partial charge in [0.05, 0.1) is 0 Å². The highest BCUT2D eigenvalue weighted by atomic mass is 19.1. The molecule has 0 saturated carbocycles. The fraction of sp³-hybridized carbons (Fsp3) is 0.222. The van der Waals surface area contributed by atoms with Crippen LogP contribution in [0.25, 0.3) is 0 Å². The average molecular weight is 346 g/mol. The van der Waals surface area contributed by atoms with Gasteiger partial charge in [0.1, 0.15) is 17.7 Å². The average Bonchev–Trinajstić information content (AvgIpc) is 3.08. The van der Waals surface area contributed by atoms with Crippen LogP contribution in [0.15, 0.2) is 42.5 Å². The van der Waals surface area contributed by atoms with Crippen molar-refractivity contribution >= 4 is 23.2 Å². The molecule has 0 aliphatic carbocycles. The molecule has 7 heteroatoms. The molecule has 0 spiro atoms. The van der Waals surface area contributed by atoms with Crippen LogP contribution in [0.3, 0.4) is 0 Å². The lowest BCUT2D eigenvalue weighted by Crippen LogP contribution is -2.27. The van der Waals surface area contributed by atoms with Crippen LogP contribution in [-0.2, 0) is 9.53 Å². The SMILES string of the molecule is O=C(Nc1cc(F)cc(F)c1)c1cccc(NC(=O)C2CCCO2)c1. The number of halogens is 2. The molecule has 2 aromatic carbocycles. The Morgan fingerprint density at radius 3 is 2.44 bits per heavy atom. The molecule has 1 aliphatic heterocycles. The maximum atomic E-state index is 13.2. The summed E-state index contributed by atoms with van der Waals surface area (Å²) < 4.78 is 31.7. The molecule has 130 valence electrons. The second kappa shape index (κ2) is 7.40. The molecule has 0 radical (unpaired) electrons. The van der Waals surface area contributed by atoms with E-state index in [1.807, 2.05) is 0 Å². The Morgan fingerprint density at radius 2 is 1.76 bits per heavy atom. The minimum atomic E-state index is -0.784. The van der Waals surface area contributed by atoms with E-state index in [0.29, 0.717) is 18.7 Å². The van der Waals surface area contributed by atoms with Crippen molar-refractivity contribution in [3.05, 3.63) is 59.7 Å². The van der Waals surface area contributed by atoms with Crippen LogP contribution in [0, 0.1) is 11.6 Å². The first-order chi connectivity index (χ1) is 12.0. The van der Waals surface area contributed by atoms with Crippen LogP contribution >= 0.6 is 0 Å². The molecule has 1 saturated heterocycles. The van der Waals surface area contributed by atoms with Crippen LogP contribution in [0.5, 0.6) is 0 Å². The van der Waals surface area contributed by atoms with E-state index in [0.717, 1.165) is 24.6 Å². The van der Waals surface area contributed by atoms with Gasteiger partial charge in [-0.2, -0.15) is 0 Å². The number of hydrogen-bond acceptors (Lipinski definition) is 3. The highest BCUT2D eigenvalue weighted by Gasteiger charge is 2.23. The lowest BCUT2D eigenvalue weighted by Gasteiger charge is -2.11. The number of ether oxygens (including phenoxy) is 1. The largest absolute Gasteiger partial charge is 0.368 e. The van der Waals surface area contributed by atoms with E-state index in [-0.39, 0.29) is 17.2 Å². The Hall–Kier alpha value is -2.80. The van der Waals surface area contributed by atoms with Gasteiger partial charge in [0, 0.05) is 29.6 Å². The first-order valence-corrected chi connectivity index (χ1v) is 7.81. The summed E-state index contributed by atoms with van der Waals surface area (Å²) in [6, 6.07) is 9.02. The quantitative estimate of drug-likeness (QED) is 0.892. The number of hydrogen-bond donors (Lipinski definition) is 2. The number of carbonyl (C=O) groups is 2. The molecular weight excluding hydrogens is 330 g/mol. The summed E-state index contributed by atoms with van der Waals surface area (Å²) in [6.45, 7) is 0.560. The predicted octanol–water partition coefficient (Wildman–Crippen LogP) is 3.33. The Bertz CT molecular complexity index is 784. The van der Waals surface area contributed by atoms with Crippen LogP contribution in [0.1, 0.15) is 23.2 Å². The van der Waals surface area contributed by atoms with Gasteiger partial charge in [0.2, 0.25) is 0 Å². The fourth-order valence-electron chi connectivity index (χ4n) is 2.57. The minimum absolute atomic E-state index is 0.0105. The molecule has 1 unspecified atom stereocenters. The molecule has 25 heavy (non-hydrogen) atoms. The summed E-state index contributed by atoms with van der Waals surface area (Å²) in [4.78, 5) is 24.3. The Balaban J connectivity index is 1.69. The third-order valence-corrected chi connectivity index (χ3v) is 3.73. The van der Waals surface area contributed by atoms with E-state index in [4.69, 9.17) is 4.74 Å². The molecule has 1 heterocycles. The smallest absolute Gasteiger partial charge is 0.255 e. The van der Waals surface area contributed by atoms with Crippen molar-refractivity contribution in [1.82, 2.24) is 0 Å². The number of benzene rings is 2. The van der Waals surface area contributed by atoms with Crippen molar-refractivity contribution < 1.29 is 23.1 Å². The van der Waals surface area contributed by atoms with Gasteiger partial charge in [0.15, 0.2) is 0 Å². The van der Waals surface area contributed by atoms with E-state index in [1.165, 1.54) is 12.1 Å². The fourth-order valence-corrected chi connectivity index (χ4v) is 2.57. The number of anilines is 2. The second-order valence-corrected chi connectivity index (χ2v) is 5.68. The first-order valence-electron chi connectivity index (χ1n) is 7.81. The summed E-state index contributed by atoms with van der Waals surface area (Å²) in [5.41, 5.74) is 0.699. The Morgan fingerprint density at radius 1 is 1.00 bits per heavy atom. The van der Waals surface area contributed by atoms with Crippen LogP contribution < -0.4 is 10.6 Å². The number of amides is 2. The van der Waals surface area contributed by atoms with E-state index < -0.39 is 23.6 Å². The highest BCUT2D eigenvalue weighted by molar-refractivity contribution is 6.05. The Kier molecular flexibility index (Phi) is 5.04. The van der Waals surface area contributed by atoms with E-state index in [2.05, 4.69) is 10.6 Å². The maximum Gasteiger partial charge on any atom is 0.255 e. The van der Waals surface area contributed by atoms with Gasteiger partial charge in [-0.25, -0.2) is 8.78 Å². The van der Waals surface area contributed by atoms with Gasteiger partial charge in [-0.05, 0) is 43.2 Å². The zero-order chi connectivity index (χ0) is 17.8. The third kappa shape index (κ3) is 4.39. The number of rotatable bonds is 4. The van der Waals surface area contributed by atoms with Crippen molar-refractivity contribution in [2.75, 3.05) is 17.2 Å². The summed E-state index contributed by atoms with van der Waals surface area (Å²) in [5, 5.41) is 5.12.